The quantitative estimate of drug-likeness (QED) is 0.659. The monoisotopic (exact) mass is 429 g/mol. The molecule has 0 fully saturated rings. The van der Waals surface area contributed by atoms with Gasteiger partial charge in [0.2, 0.25) is 10.0 Å². The van der Waals surface area contributed by atoms with Crippen molar-refractivity contribution in [1.82, 2.24) is 14.1 Å². The largest absolute Gasteiger partial charge is 0.376 e. The molecule has 0 radical (unpaired) electrons. The Morgan fingerprint density at radius 1 is 1.03 bits per heavy atom. The van der Waals surface area contributed by atoms with E-state index < -0.39 is 15.9 Å². The van der Waals surface area contributed by atoms with Gasteiger partial charge >= 0.3 is 0 Å². The highest BCUT2D eigenvalue weighted by molar-refractivity contribution is 7.89. The van der Waals surface area contributed by atoms with E-state index in [0.717, 1.165) is 8.99 Å². The Kier molecular flexibility index (Phi) is 5.64. The maximum atomic E-state index is 13.1. The highest BCUT2D eigenvalue weighted by Gasteiger charge is 2.22. The number of carbonyl (C=O) groups is 1. The lowest BCUT2D eigenvalue weighted by atomic mass is 10.1. The summed E-state index contributed by atoms with van der Waals surface area (Å²) in [6.07, 6.45) is 0. The molecule has 10 heteroatoms. The summed E-state index contributed by atoms with van der Waals surface area (Å²) in [4.78, 5) is 27.2. The van der Waals surface area contributed by atoms with Gasteiger partial charge in [-0.3, -0.25) is 9.59 Å². The van der Waals surface area contributed by atoms with Crippen LogP contribution < -0.4 is 15.8 Å². The van der Waals surface area contributed by atoms with E-state index >= 15 is 0 Å². The Bertz CT molecular complexity index is 1300. The first-order chi connectivity index (χ1) is 14.0. The van der Waals surface area contributed by atoms with Crippen LogP contribution in [0, 0.1) is 0 Å². The van der Waals surface area contributed by atoms with Crippen molar-refractivity contribution in [3.05, 3.63) is 58.5 Å². The Morgan fingerprint density at radius 2 is 1.67 bits per heavy atom. The van der Waals surface area contributed by atoms with Gasteiger partial charge in [-0.1, -0.05) is 18.2 Å². The normalized spacial score (nSPS) is 11.7. The molecule has 0 bridgehead atoms. The SMILES string of the molecule is CN(C)c1ccc(S(=O)(=O)N(C)C)cc1NC(=O)c1nn(C)c(=O)c2ccccc12. The summed E-state index contributed by atoms with van der Waals surface area (Å²) in [5.41, 5.74) is 0.691. The zero-order chi connectivity index (χ0) is 22.2. The number of benzene rings is 2. The van der Waals surface area contributed by atoms with Crippen molar-refractivity contribution in [3.8, 4) is 0 Å². The van der Waals surface area contributed by atoms with E-state index in [9.17, 15) is 18.0 Å². The second-order valence-electron chi connectivity index (χ2n) is 7.14. The highest BCUT2D eigenvalue weighted by Crippen LogP contribution is 2.29. The number of rotatable bonds is 5. The zero-order valence-corrected chi connectivity index (χ0v) is 18.2. The summed E-state index contributed by atoms with van der Waals surface area (Å²) >= 11 is 0. The molecule has 3 aromatic rings. The van der Waals surface area contributed by atoms with Crippen LogP contribution in [0.3, 0.4) is 0 Å². The zero-order valence-electron chi connectivity index (χ0n) is 17.4. The molecule has 0 aliphatic carbocycles. The fourth-order valence-electron chi connectivity index (χ4n) is 3.03. The third-order valence-corrected chi connectivity index (χ3v) is 6.46. The van der Waals surface area contributed by atoms with E-state index in [-0.39, 0.29) is 16.1 Å². The third-order valence-electron chi connectivity index (χ3n) is 4.65. The molecule has 1 N–H and O–H groups in total. The van der Waals surface area contributed by atoms with Crippen molar-refractivity contribution in [2.45, 2.75) is 4.90 Å². The number of nitrogens with one attached hydrogen (secondary N) is 1. The number of hydrogen-bond donors (Lipinski definition) is 1. The molecule has 0 atom stereocenters. The fraction of sp³-hybridized carbons (Fsp3) is 0.250. The first-order valence-corrected chi connectivity index (χ1v) is 10.5. The first-order valence-electron chi connectivity index (χ1n) is 9.05. The number of aryl methyl sites for hydroxylation is 1. The van der Waals surface area contributed by atoms with E-state index in [0.29, 0.717) is 22.1 Å². The van der Waals surface area contributed by atoms with E-state index in [1.807, 2.05) is 0 Å². The predicted octanol–water partition coefficient (Wildman–Crippen LogP) is 1.50. The smallest absolute Gasteiger partial charge is 0.276 e. The topological polar surface area (TPSA) is 105 Å². The number of hydrogen-bond acceptors (Lipinski definition) is 6. The summed E-state index contributed by atoms with van der Waals surface area (Å²) in [7, 11) is 4.23. The van der Waals surface area contributed by atoms with Crippen LogP contribution in [0.2, 0.25) is 0 Å². The van der Waals surface area contributed by atoms with Crippen molar-refractivity contribution < 1.29 is 13.2 Å². The Balaban J connectivity index is 2.12. The predicted molar refractivity (Wildman–Crippen MR) is 117 cm³/mol. The molecular weight excluding hydrogens is 406 g/mol. The van der Waals surface area contributed by atoms with Crippen LogP contribution in [0.4, 0.5) is 11.4 Å². The van der Waals surface area contributed by atoms with Gasteiger partial charge in [-0.2, -0.15) is 5.10 Å². The average Bonchev–Trinajstić information content (AvgIpc) is 2.70. The molecule has 0 saturated heterocycles. The molecule has 1 heterocycles. The molecule has 0 aliphatic rings. The first kappa shape index (κ1) is 21.5. The average molecular weight is 430 g/mol. The van der Waals surface area contributed by atoms with Gasteiger partial charge in [0.1, 0.15) is 0 Å². The Labute approximate surface area is 174 Å². The summed E-state index contributed by atoms with van der Waals surface area (Å²) in [5.74, 6) is -0.552. The van der Waals surface area contributed by atoms with Crippen molar-refractivity contribution >= 4 is 38.1 Å². The van der Waals surface area contributed by atoms with Crippen molar-refractivity contribution in [2.24, 2.45) is 7.05 Å². The van der Waals surface area contributed by atoms with Crippen LogP contribution in [0.1, 0.15) is 10.5 Å². The molecule has 1 aromatic heterocycles. The van der Waals surface area contributed by atoms with Gasteiger partial charge in [0.15, 0.2) is 5.69 Å². The van der Waals surface area contributed by atoms with Gasteiger partial charge in [-0.15, -0.1) is 0 Å². The molecule has 9 nitrogen and oxygen atoms in total. The summed E-state index contributed by atoms with van der Waals surface area (Å²) in [6, 6.07) is 11.2. The van der Waals surface area contributed by atoms with Gasteiger partial charge in [-0.25, -0.2) is 17.4 Å². The van der Waals surface area contributed by atoms with Gasteiger partial charge in [0.25, 0.3) is 11.5 Å². The van der Waals surface area contributed by atoms with Crippen LogP contribution >= 0.6 is 0 Å². The number of fused-ring (bicyclic) bond motifs is 1. The lowest BCUT2D eigenvalue weighted by Crippen LogP contribution is -2.26. The number of nitrogens with zero attached hydrogens (tertiary/aromatic N) is 4. The molecule has 30 heavy (non-hydrogen) atoms. The summed E-state index contributed by atoms with van der Waals surface area (Å²) in [6.45, 7) is 0. The van der Waals surface area contributed by atoms with Crippen LogP contribution in [0.25, 0.3) is 10.8 Å². The maximum Gasteiger partial charge on any atom is 0.276 e. The van der Waals surface area contributed by atoms with Gasteiger partial charge < -0.3 is 10.2 Å². The molecule has 0 unspecified atom stereocenters. The van der Waals surface area contributed by atoms with Crippen molar-refractivity contribution in [1.29, 1.82) is 0 Å². The van der Waals surface area contributed by atoms with Crippen LogP contribution in [0.5, 0.6) is 0 Å². The van der Waals surface area contributed by atoms with E-state index in [1.165, 1.54) is 33.3 Å². The summed E-state index contributed by atoms with van der Waals surface area (Å²) < 4.78 is 27.3. The lowest BCUT2D eigenvalue weighted by Gasteiger charge is -2.20. The molecule has 0 saturated carbocycles. The number of amides is 1. The van der Waals surface area contributed by atoms with E-state index in [4.69, 9.17) is 0 Å². The van der Waals surface area contributed by atoms with Gasteiger partial charge in [0, 0.05) is 40.6 Å². The number of carbonyl (C=O) groups excluding carboxylic acids is 1. The van der Waals surface area contributed by atoms with Gasteiger partial charge in [0.05, 0.1) is 21.7 Å². The number of aromatic nitrogens is 2. The van der Waals surface area contributed by atoms with Crippen LogP contribution in [0.15, 0.2) is 52.2 Å². The second kappa shape index (κ2) is 7.88. The highest BCUT2D eigenvalue weighted by atomic mass is 32.2. The minimum Gasteiger partial charge on any atom is -0.376 e. The molecule has 1 amide bonds. The molecule has 3 rings (SSSR count). The third kappa shape index (κ3) is 3.79. The second-order valence-corrected chi connectivity index (χ2v) is 9.29. The standard InChI is InChI=1S/C20H23N5O4S/c1-23(2)17-11-10-13(30(28,29)24(3)4)12-16(17)21-19(26)18-14-8-6-7-9-15(14)20(27)25(5)22-18/h6-12H,1-5H3,(H,21,26). The van der Waals surface area contributed by atoms with E-state index in [1.54, 1.807) is 49.3 Å². The molecule has 0 spiro atoms. The number of anilines is 2. The lowest BCUT2D eigenvalue weighted by molar-refractivity contribution is 0.102. The minimum atomic E-state index is -3.69. The fourth-order valence-corrected chi connectivity index (χ4v) is 3.95. The van der Waals surface area contributed by atoms with Crippen LogP contribution in [-0.4, -0.2) is 56.6 Å². The van der Waals surface area contributed by atoms with E-state index in [2.05, 4.69) is 10.4 Å². The Morgan fingerprint density at radius 3 is 2.27 bits per heavy atom. The maximum absolute atomic E-state index is 13.1. The Hall–Kier alpha value is -3.24. The van der Waals surface area contributed by atoms with Crippen molar-refractivity contribution in [2.75, 3.05) is 38.4 Å². The summed E-state index contributed by atoms with van der Waals surface area (Å²) in [5, 5.41) is 7.67. The molecular formula is C20H23N5O4S. The van der Waals surface area contributed by atoms with Gasteiger partial charge in [-0.05, 0) is 24.3 Å². The minimum absolute atomic E-state index is 0.0479. The number of sulfonamides is 1. The molecule has 0 aliphatic heterocycles. The van der Waals surface area contributed by atoms with Crippen molar-refractivity contribution in [3.63, 3.8) is 0 Å². The molecule has 158 valence electrons. The van der Waals surface area contributed by atoms with Crippen LogP contribution in [-0.2, 0) is 17.1 Å². The molecule has 2 aromatic carbocycles.